The summed E-state index contributed by atoms with van der Waals surface area (Å²) in [6.45, 7) is 5.25. The monoisotopic (exact) mass is 318 g/mol. The second kappa shape index (κ2) is 7.79. The van der Waals surface area contributed by atoms with Gasteiger partial charge in [0, 0.05) is 39.3 Å². The molecule has 0 N–H and O–H groups in total. The summed E-state index contributed by atoms with van der Waals surface area (Å²) >= 11 is 0. The third-order valence-corrected chi connectivity index (χ3v) is 4.67. The number of ether oxygens (including phenoxy) is 2. The molecule has 2 heterocycles. The average Bonchev–Trinajstić information content (AvgIpc) is 3.02. The first kappa shape index (κ1) is 16.3. The Labute approximate surface area is 138 Å². The lowest BCUT2D eigenvalue weighted by Crippen LogP contribution is -2.41. The molecule has 0 aliphatic carbocycles. The van der Waals surface area contributed by atoms with Gasteiger partial charge >= 0.3 is 0 Å². The van der Waals surface area contributed by atoms with E-state index in [1.165, 1.54) is 5.56 Å². The van der Waals surface area contributed by atoms with Gasteiger partial charge in [-0.3, -0.25) is 9.69 Å². The Morgan fingerprint density at radius 2 is 2.00 bits per heavy atom. The van der Waals surface area contributed by atoms with Crippen molar-refractivity contribution in [3.8, 4) is 5.75 Å². The second-order valence-electron chi connectivity index (χ2n) is 6.30. The molecule has 2 aliphatic heterocycles. The molecule has 2 aliphatic rings. The molecule has 0 aromatic heterocycles. The van der Waals surface area contributed by atoms with Gasteiger partial charge in [0.05, 0.1) is 7.11 Å². The van der Waals surface area contributed by atoms with E-state index in [-0.39, 0.29) is 12.0 Å². The van der Waals surface area contributed by atoms with Gasteiger partial charge in [-0.25, -0.2) is 0 Å². The minimum Gasteiger partial charge on any atom is -0.497 e. The molecule has 1 aromatic carbocycles. The summed E-state index contributed by atoms with van der Waals surface area (Å²) in [6, 6.07) is 8.22. The molecule has 1 aromatic rings. The quantitative estimate of drug-likeness (QED) is 0.850. The molecule has 5 nitrogen and oxygen atoms in total. The van der Waals surface area contributed by atoms with Crippen molar-refractivity contribution in [1.29, 1.82) is 0 Å². The number of amides is 1. The Morgan fingerprint density at radius 1 is 1.17 bits per heavy atom. The first-order valence-electron chi connectivity index (χ1n) is 8.52. The fourth-order valence-corrected chi connectivity index (χ4v) is 3.31. The van der Waals surface area contributed by atoms with Crippen molar-refractivity contribution < 1.29 is 14.3 Å². The Bertz CT molecular complexity index is 512. The van der Waals surface area contributed by atoms with Crippen LogP contribution in [0.15, 0.2) is 24.3 Å². The summed E-state index contributed by atoms with van der Waals surface area (Å²) < 4.78 is 10.7. The van der Waals surface area contributed by atoms with Gasteiger partial charge < -0.3 is 14.4 Å². The van der Waals surface area contributed by atoms with Gasteiger partial charge in [0.25, 0.3) is 5.91 Å². The highest BCUT2D eigenvalue weighted by Crippen LogP contribution is 2.17. The van der Waals surface area contributed by atoms with E-state index in [9.17, 15) is 4.79 Å². The van der Waals surface area contributed by atoms with Gasteiger partial charge in [0.1, 0.15) is 11.9 Å². The molecule has 5 heteroatoms. The van der Waals surface area contributed by atoms with Crippen molar-refractivity contribution in [2.24, 2.45) is 0 Å². The lowest BCUT2D eigenvalue weighted by atomic mass is 10.2. The zero-order valence-electron chi connectivity index (χ0n) is 13.9. The lowest BCUT2D eigenvalue weighted by Gasteiger charge is -2.24. The number of benzene rings is 1. The molecular weight excluding hydrogens is 292 g/mol. The first-order valence-corrected chi connectivity index (χ1v) is 8.52. The average molecular weight is 318 g/mol. The van der Waals surface area contributed by atoms with Gasteiger partial charge in [0.15, 0.2) is 0 Å². The number of carbonyl (C=O) groups excluding carboxylic acids is 1. The summed E-state index contributed by atoms with van der Waals surface area (Å²) in [5, 5.41) is 0. The van der Waals surface area contributed by atoms with E-state index in [1.807, 2.05) is 17.0 Å². The number of hydrogen-bond donors (Lipinski definition) is 0. The summed E-state index contributed by atoms with van der Waals surface area (Å²) in [5.74, 6) is 1.08. The van der Waals surface area contributed by atoms with Crippen LogP contribution in [0.3, 0.4) is 0 Å². The van der Waals surface area contributed by atoms with Crippen LogP contribution in [0.5, 0.6) is 5.75 Å². The third-order valence-electron chi connectivity index (χ3n) is 4.67. The van der Waals surface area contributed by atoms with E-state index < -0.39 is 0 Å². The Balaban J connectivity index is 1.52. The zero-order valence-corrected chi connectivity index (χ0v) is 13.9. The third kappa shape index (κ3) is 4.24. The van der Waals surface area contributed by atoms with Crippen molar-refractivity contribution in [2.45, 2.75) is 31.9 Å². The van der Waals surface area contributed by atoms with Gasteiger partial charge in [-0.05, 0) is 37.0 Å². The van der Waals surface area contributed by atoms with Gasteiger partial charge in [-0.1, -0.05) is 12.1 Å². The van der Waals surface area contributed by atoms with Crippen molar-refractivity contribution in [3.63, 3.8) is 0 Å². The summed E-state index contributed by atoms with van der Waals surface area (Å²) in [7, 11) is 1.68. The SMILES string of the molecule is COc1ccc(CN2CCCN(C(=O)C3CCCO3)CC2)cc1. The molecule has 3 rings (SSSR count). The van der Waals surface area contributed by atoms with Crippen LogP contribution < -0.4 is 4.74 Å². The molecule has 23 heavy (non-hydrogen) atoms. The van der Waals surface area contributed by atoms with Crippen LogP contribution in [0.2, 0.25) is 0 Å². The van der Waals surface area contributed by atoms with Gasteiger partial charge in [-0.2, -0.15) is 0 Å². The van der Waals surface area contributed by atoms with Crippen LogP contribution in [-0.2, 0) is 16.1 Å². The maximum atomic E-state index is 12.5. The van der Waals surface area contributed by atoms with Crippen LogP contribution >= 0.6 is 0 Å². The van der Waals surface area contributed by atoms with E-state index in [1.54, 1.807) is 7.11 Å². The normalized spacial score (nSPS) is 22.8. The Kier molecular flexibility index (Phi) is 5.51. The van der Waals surface area contributed by atoms with Crippen molar-refractivity contribution in [2.75, 3.05) is 39.9 Å². The smallest absolute Gasteiger partial charge is 0.251 e. The van der Waals surface area contributed by atoms with Gasteiger partial charge in [0.2, 0.25) is 0 Å². The topological polar surface area (TPSA) is 42.0 Å². The standard InChI is InChI=1S/C18H26N2O3/c1-22-16-7-5-15(6-8-16)14-19-9-3-10-20(12-11-19)18(21)17-4-2-13-23-17/h5-8,17H,2-4,9-14H2,1H3. The van der Waals surface area contributed by atoms with E-state index in [2.05, 4.69) is 17.0 Å². The van der Waals surface area contributed by atoms with Crippen LogP contribution in [0, 0.1) is 0 Å². The molecule has 1 unspecified atom stereocenters. The molecule has 2 saturated heterocycles. The molecule has 126 valence electrons. The number of nitrogens with zero attached hydrogens (tertiary/aromatic N) is 2. The molecule has 1 amide bonds. The molecule has 1 atom stereocenters. The minimum absolute atomic E-state index is 0.189. The molecule has 0 saturated carbocycles. The van der Waals surface area contributed by atoms with Crippen LogP contribution in [-0.4, -0.2) is 61.7 Å². The number of methoxy groups -OCH3 is 1. The lowest BCUT2D eigenvalue weighted by molar-refractivity contribution is -0.140. The highest BCUT2D eigenvalue weighted by Gasteiger charge is 2.29. The van der Waals surface area contributed by atoms with Crippen molar-refractivity contribution >= 4 is 5.91 Å². The molecule has 2 fully saturated rings. The van der Waals surface area contributed by atoms with Crippen LogP contribution in [0.1, 0.15) is 24.8 Å². The minimum atomic E-state index is -0.192. The largest absolute Gasteiger partial charge is 0.497 e. The molecule has 0 spiro atoms. The molecule has 0 radical (unpaired) electrons. The zero-order chi connectivity index (χ0) is 16.1. The molecule has 0 bridgehead atoms. The fourth-order valence-electron chi connectivity index (χ4n) is 3.31. The van der Waals surface area contributed by atoms with Crippen molar-refractivity contribution in [3.05, 3.63) is 29.8 Å². The molecular formula is C18H26N2O3. The van der Waals surface area contributed by atoms with E-state index in [0.29, 0.717) is 0 Å². The first-order chi connectivity index (χ1) is 11.3. The van der Waals surface area contributed by atoms with Gasteiger partial charge in [-0.15, -0.1) is 0 Å². The summed E-state index contributed by atoms with van der Waals surface area (Å²) in [6.07, 6.45) is 2.72. The number of hydrogen-bond acceptors (Lipinski definition) is 4. The Morgan fingerprint density at radius 3 is 2.70 bits per heavy atom. The van der Waals surface area contributed by atoms with E-state index in [0.717, 1.165) is 64.3 Å². The highest BCUT2D eigenvalue weighted by atomic mass is 16.5. The van der Waals surface area contributed by atoms with Crippen LogP contribution in [0.25, 0.3) is 0 Å². The maximum absolute atomic E-state index is 12.5. The van der Waals surface area contributed by atoms with E-state index in [4.69, 9.17) is 9.47 Å². The van der Waals surface area contributed by atoms with Crippen LogP contribution in [0.4, 0.5) is 0 Å². The van der Waals surface area contributed by atoms with E-state index >= 15 is 0 Å². The predicted octanol–water partition coefficient (Wildman–Crippen LogP) is 1.91. The maximum Gasteiger partial charge on any atom is 0.251 e. The fraction of sp³-hybridized carbons (Fsp3) is 0.611. The number of rotatable bonds is 4. The highest BCUT2D eigenvalue weighted by molar-refractivity contribution is 5.81. The summed E-state index contributed by atoms with van der Waals surface area (Å²) in [4.78, 5) is 16.9. The second-order valence-corrected chi connectivity index (χ2v) is 6.30. The predicted molar refractivity (Wildman–Crippen MR) is 88.4 cm³/mol. The summed E-state index contributed by atoms with van der Waals surface area (Å²) in [5.41, 5.74) is 1.28. The Hall–Kier alpha value is -1.59. The number of carbonyl (C=O) groups is 1. The van der Waals surface area contributed by atoms with Crippen molar-refractivity contribution in [1.82, 2.24) is 9.80 Å².